The van der Waals surface area contributed by atoms with Gasteiger partial charge in [0, 0.05) is 32.9 Å². The standard InChI is InChI=1S/C19H24N2/c1-20(2)19-10-8-16(9-11-19)14-21-13-12-18(15-21)17-6-4-3-5-7-17/h3-11,18H,12-15H2,1-2H3. The Hall–Kier alpha value is -1.80. The van der Waals surface area contributed by atoms with E-state index in [0.29, 0.717) is 5.92 Å². The summed E-state index contributed by atoms with van der Waals surface area (Å²) in [7, 11) is 4.17. The number of rotatable bonds is 4. The van der Waals surface area contributed by atoms with Gasteiger partial charge in [-0.05, 0) is 42.1 Å². The molecule has 110 valence electrons. The van der Waals surface area contributed by atoms with Gasteiger partial charge in [-0.1, -0.05) is 42.5 Å². The fourth-order valence-electron chi connectivity index (χ4n) is 3.13. The van der Waals surface area contributed by atoms with Crippen molar-refractivity contribution in [2.75, 3.05) is 32.1 Å². The van der Waals surface area contributed by atoms with E-state index in [1.54, 1.807) is 0 Å². The molecule has 3 rings (SSSR count). The predicted octanol–water partition coefficient (Wildman–Crippen LogP) is 3.74. The first kappa shape index (κ1) is 14.2. The number of anilines is 1. The molecule has 2 aromatic rings. The summed E-state index contributed by atoms with van der Waals surface area (Å²) >= 11 is 0. The lowest BCUT2D eigenvalue weighted by atomic mass is 9.99. The second kappa shape index (κ2) is 6.31. The molecule has 0 bridgehead atoms. The summed E-state index contributed by atoms with van der Waals surface area (Å²) in [6.07, 6.45) is 1.28. The van der Waals surface area contributed by atoms with Gasteiger partial charge in [-0.3, -0.25) is 4.90 Å². The molecule has 0 aromatic heterocycles. The van der Waals surface area contributed by atoms with E-state index in [1.807, 2.05) is 0 Å². The molecule has 1 saturated heterocycles. The Labute approximate surface area is 128 Å². The Morgan fingerprint density at radius 3 is 2.38 bits per heavy atom. The summed E-state index contributed by atoms with van der Waals surface area (Å²) in [6.45, 7) is 3.45. The highest BCUT2D eigenvalue weighted by atomic mass is 15.1. The van der Waals surface area contributed by atoms with E-state index in [1.165, 1.54) is 36.3 Å². The van der Waals surface area contributed by atoms with Crippen molar-refractivity contribution in [3.63, 3.8) is 0 Å². The zero-order valence-corrected chi connectivity index (χ0v) is 13.0. The summed E-state index contributed by atoms with van der Waals surface area (Å²) in [4.78, 5) is 4.72. The molecule has 0 spiro atoms. The molecule has 1 unspecified atom stereocenters. The third-order valence-corrected chi connectivity index (χ3v) is 4.40. The first-order valence-corrected chi connectivity index (χ1v) is 7.76. The highest BCUT2D eigenvalue weighted by molar-refractivity contribution is 5.46. The van der Waals surface area contributed by atoms with Crippen molar-refractivity contribution in [1.82, 2.24) is 4.90 Å². The van der Waals surface area contributed by atoms with E-state index in [9.17, 15) is 0 Å². The van der Waals surface area contributed by atoms with Crippen LogP contribution in [0.2, 0.25) is 0 Å². The van der Waals surface area contributed by atoms with Gasteiger partial charge in [0.2, 0.25) is 0 Å². The zero-order valence-electron chi connectivity index (χ0n) is 13.0. The van der Waals surface area contributed by atoms with Crippen molar-refractivity contribution < 1.29 is 0 Å². The lowest BCUT2D eigenvalue weighted by molar-refractivity contribution is 0.327. The molecule has 0 amide bonds. The number of hydrogen-bond donors (Lipinski definition) is 0. The molecule has 1 heterocycles. The van der Waals surface area contributed by atoms with Crippen LogP contribution in [0.5, 0.6) is 0 Å². The number of likely N-dealkylation sites (tertiary alicyclic amines) is 1. The van der Waals surface area contributed by atoms with Crippen molar-refractivity contribution in [2.45, 2.75) is 18.9 Å². The lowest BCUT2D eigenvalue weighted by Gasteiger charge is -2.17. The van der Waals surface area contributed by atoms with Crippen LogP contribution in [0.1, 0.15) is 23.5 Å². The second-order valence-corrected chi connectivity index (χ2v) is 6.19. The maximum atomic E-state index is 2.57. The first-order chi connectivity index (χ1) is 10.2. The van der Waals surface area contributed by atoms with Crippen LogP contribution in [0.15, 0.2) is 54.6 Å². The van der Waals surface area contributed by atoms with Crippen LogP contribution >= 0.6 is 0 Å². The van der Waals surface area contributed by atoms with Gasteiger partial charge in [0.1, 0.15) is 0 Å². The molecule has 0 saturated carbocycles. The highest BCUT2D eigenvalue weighted by Crippen LogP contribution is 2.28. The molecule has 1 atom stereocenters. The van der Waals surface area contributed by atoms with E-state index in [4.69, 9.17) is 0 Å². The van der Waals surface area contributed by atoms with E-state index in [2.05, 4.69) is 78.5 Å². The summed E-state index contributed by atoms with van der Waals surface area (Å²) in [5.41, 5.74) is 4.17. The van der Waals surface area contributed by atoms with Gasteiger partial charge in [0.05, 0.1) is 0 Å². The van der Waals surface area contributed by atoms with Gasteiger partial charge < -0.3 is 4.90 Å². The largest absolute Gasteiger partial charge is 0.378 e. The third-order valence-electron chi connectivity index (χ3n) is 4.40. The highest BCUT2D eigenvalue weighted by Gasteiger charge is 2.23. The SMILES string of the molecule is CN(C)c1ccc(CN2CCC(c3ccccc3)C2)cc1. The quantitative estimate of drug-likeness (QED) is 0.841. The van der Waals surface area contributed by atoms with Crippen LogP contribution in [-0.2, 0) is 6.54 Å². The van der Waals surface area contributed by atoms with Crippen molar-refractivity contribution >= 4 is 5.69 Å². The normalized spacial score (nSPS) is 18.9. The summed E-state index contributed by atoms with van der Waals surface area (Å²) in [6, 6.07) is 19.9. The summed E-state index contributed by atoms with van der Waals surface area (Å²) in [5.74, 6) is 0.701. The molecule has 2 heteroatoms. The average Bonchev–Trinajstić information content (AvgIpc) is 2.97. The summed E-state index contributed by atoms with van der Waals surface area (Å²) < 4.78 is 0. The Morgan fingerprint density at radius 1 is 1.00 bits per heavy atom. The van der Waals surface area contributed by atoms with Crippen LogP contribution < -0.4 is 4.90 Å². The molecular weight excluding hydrogens is 256 g/mol. The van der Waals surface area contributed by atoms with Crippen LogP contribution in [-0.4, -0.2) is 32.1 Å². The smallest absolute Gasteiger partial charge is 0.0361 e. The molecule has 0 N–H and O–H groups in total. The number of hydrogen-bond acceptors (Lipinski definition) is 2. The Bertz CT molecular complexity index is 560. The van der Waals surface area contributed by atoms with E-state index in [-0.39, 0.29) is 0 Å². The van der Waals surface area contributed by atoms with E-state index in [0.717, 1.165) is 6.54 Å². The molecular formula is C19H24N2. The molecule has 21 heavy (non-hydrogen) atoms. The fraction of sp³-hybridized carbons (Fsp3) is 0.368. The minimum atomic E-state index is 0.701. The first-order valence-electron chi connectivity index (χ1n) is 7.76. The van der Waals surface area contributed by atoms with Crippen molar-refractivity contribution in [3.05, 3.63) is 65.7 Å². The Kier molecular flexibility index (Phi) is 4.26. The van der Waals surface area contributed by atoms with Crippen molar-refractivity contribution in [2.24, 2.45) is 0 Å². The molecule has 2 aromatic carbocycles. The molecule has 0 radical (unpaired) electrons. The van der Waals surface area contributed by atoms with E-state index < -0.39 is 0 Å². The molecule has 2 nitrogen and oxygen atoms in total. The van der Waals surface area contributed by atoms with Gasteiger partial charge in [-0.2, -0.15) is 0 Å². The average molecular weight is 280 g/mol. The minimum absolute atomic E-state index is 0.701. The molecule has 1 aliphatic rings. The monoisotopic (exact) mass is 280 g/mol. The Balaban J connectivity index is 1.59. The zero-order chi connectivity index (χ0) is 14.7. The predicted molar refractivity (Wildman–Crippen MR) is 89.8 cm³/mol. The van der Waals surface area contributed by atoms with Gasteiger partial charge in [-0.15, -0.1) is 0 Å². The fourth-order valence-corrected chi connectivity index (χ4v) is 3.13. The maximum absolute atomic E-state index is 2.57. The van der Waals surface area contributed by atoms with Gasteiger partial charge in [0.15, 0.2) is 0 Å². The number of benzene rings is 2. The van der Waals surface area contributed by atoms with Crippen molar-refractivity contribution in [3.8, 4) is 0 Å². The van der Waals surface area contributed by atoms with Gasteiger partial charge in [-0.25, -0.2) is 0 Å². The molecule has 1 aliphatic heterocycles. The van der Waals surface area contributed by atoms with Crippen molar-refractivity contribution in [1.29, 1.82) is 0 Å². The third kappa shape index (κ3) is 3.45. The van der Waals surface area contributed by atoms with E-state index >= 15 is 0 Å². The summed E-state index contributed by atoms with van der Waals surface area (Å²) in [5, 5.41) is 0. The maximum Gasteiger partial charge on any atom is 0.0361 e. The van der Waals surface area contributed by atoms with Crippen LogP contribution in [0, 0.1) is 0 Å². The molecule has 0 aliphatic carbocycles. The van der Waals surface area contributed by atoms with Gasteiger partial charge in [0.25, 0.3) is 0 Å². The Morgan fingerprint density at radius 2 is 1.71 bits per heavy atom. The van der Waals surface area contributed by atoms with Gasteiger partial charge >= 0.3 is 0 Å². The molecule has 1 fully saturated rings. The van der Waals surface area contributed by atoms with Crippen LogP contribution in [0.25, 0.3) is 0 Å². The van der Waals surface area contributed by atoms with Crippen LogP contribution in [0.4, 0.5) is 5.69 Å². The van der Waals surface area contributed by atoms with Crippen LogP contribution in [0.3, 0.4) is 0 Å². The minimum Gasteiger partial charge on any atom is -0.378 e. The second-order valence-electron chi connectivity index (χ2n) is 6.19. The topological polar surface area (TPSA) is 6.48 Å². The lowest BCUT2D eigenvalue weighted by Crippen LogP contribution is -2.19. The number of nitrogens with zero attached hydrogens (tertiary/aromatic N) is 2.